The van der Waals surface area contributed by atoms with Crippen molar-refractivity contribution in [1.82, 2.24) is 0 Å². The minimum Gasteiger partial charge on any atom is -0.481 e. The molecule has 102 valence electrons. The van der Waals surface area contributed by atoms with Crippen LogP contribution in [0.1, 0.15) is 32.6 Å². The Morgan fingerprint density at radius 2 is 1.61 bits per heavy atom. The third-order valence-corrected chi connectivity index (χ3v) is 1.93. The lowest BCUT2D eigenvalue weighted by Gasteiger charge is -2.05. The lowest BCUT2D eigenvalue weighted by molar-refractivity contribution is -0.148. The number of aliphatic carboxylic acids is 1. The summed E-state index contributed by atoms with van der Waals surface area (Å²) in [6.45, 7) is 5.44. The highest BCUT2D eigenvalue weighted by Crippen LogP contribution is 1.98. The van der Waals surface area contributed by atoms with Crippen molar-refractivity contribution in [1.29, 1.82) is 0 Å². The van der Waals surface area contributed by atoms with Gasteiger partial charge in [-0.25, -0.2) is 4.79 Å². The number of rotatable bonds is 9. The first kappa shape index (κ1) is 16.1. The van der Waals surface area contributed by atoms with Gasteiger partial charge in [0, 0.05) is 5.57 Å². The van der Waals surface area contributed by atoms with Crippen LogP contribution in [0.5, 0.6) is 0 Å². The van der Waals surface area contributed by atoms with Gasteiger partial charge < -0.3 is 14.6 Å². The van der Waals surface area contributed by atoms with Gasteiger partial charge in [-0.1, -0.05) is 6.58 Å². The average Bonchev–Trinajstić information content (AvgIpc) is 2.30. The Bertz CT molecular complexity index is 321. The van der Waals surface area contributed by atoms with E-state index in [2.05, 4.69) is 6.58 Å². The van der Waals surface area contributed by atoms with Crippen molar-refractivity contribution in [2.45, 2.75) is 32.6 Å². The number of carboxylic acid groups (broad SMARTS) is 1. The van der Waals surface area contributed by atoms with E-state index in [-0.39, 0.29) is 26.1 Å². The maximum Gasteiger partial charge on any atom is 0.333 e. The topological polar surface area (TPSA) is 89.9 Å². The average molecular weight is 258 g/mol. The molecule has 6 heteroatoms. The predicted molar refractivity (Wildman–Crippen MR) is 62.8 cm³/mol. The van der Waals surface area contributed by atoms with E-state index in [1.165, 1.54) is 0 Å². The number of unbranched alkanes of at least 4 members (excludes halogenated alkanes) is 1. The van der Waals surface area contributed by atoms with E-state index in [1.54, 1.807) is 6.92 Å². The Morgan fingerprint density at radius 1 is 1.06 bits per heavy atom. The quantitative estimate of drug-likeness (QED) is 0.381. The van der Waals surface area contributed by atoms with Crippen LogP contribution in [0.4, 0.5) is 0 Å². The van der Waals surface area contributed by atoms with Crippen molar-refractivity contribution in [3.63, 3.8) is 0 Å². The minimum absolute atomic E-state index is 0.125. The molecular weight excluding hydrogens is 240 g/mol. The molecule has 0 aromatic carbocycles. The second kappa shape index (κ2) is 9.21. The number of hydrogen-bond acceptors (Lipinski definition) is 5. The van der Waals surface area contributed by atoms with E-state index in [4.69, 9.17) is 14.6 Å². The molecule has 0 heterocycles. The first-order valence-corrected chi connectivity index (χ1v) is 5.63. The smallest absolute Gasteiger partial charge is 0.333 e. The highest BCUT2D eigenvalue weighted by Gasteiger charge is 2.06. The highest BCUT2D eigenvalue weighted by atomic mass is 16.5. The Morgan fingerprint density at radius 3 is 2.11 bits per heavy atom. The molecular formula is C12H18O6. The molecule has 0 aliphatic heterocycles. The summed E-state index contributed by atoms with van der Waals surface area (Å²) in [6, 6.07) is 0. The SMILES string of the molecule is C=C(C)C(=O)OCCCCOC(=O)CCC(=O)O. The van der Waals surface area contributed by atoms with Gasteiger partial charge in [0.15, 0.2) is 0 Å². The largest absolute Gasteiger partial charge is 0.481 e. The molecule has 0 rings (SSSR count). The van der Waals surface area contributed by atoms with Crippen LogP contribution >= 0.6 is 0 Å². The molecule has 6 nitrogen and oxygen atoms in total. The van der Waals surface area contributed by atoms with Gasteiger partial charge in [-0.05, 0) is 19.8 Å². The number of esters is 2. The number of hydrogen-bond donors (Lipinski definition) is 1. The summed E-state index contributed by atoms with van der Waals surface area (Å²) in [5, 5.41) is 8.34. The van der Waals surface area contributed by atoms with Gasteiger partial charge in [0.25, 0.3) is 0 Å². The van der Waals surface area contributed by atoms with Gasteiger partial charge in [0.1, 0.15) is 0 Å². The molecule has 1 N–H and O–H groups in total. The molecule has 0 spiro atoms. The minimum atomic E-state index is -1.03. The zero-order valence-electron chi connectivity index (χ0n) is 10.4. The first-order valence-electron chi connectivity index (χ1n) is 5.63. The van der Waals surface area contributed by atoms with Crippen molar-refractivity contribution >= 4 is 17.9 Å². The number of carboxylic acids is 1. The number of carbonyl (C=O) groups excluding carboxylic acids is 2. The highest BCUT2D eigenvalue weighted by molar-refractivity contribution is 5.86. The molecule has 0 fully saturated rings. The normalized spacial score (nSPS) is 9.61. The fourth-order valence-corrected chi connectivity index (χ4v) is 0.959. The van der Waals surface area contributed by atoms with Gasteiger partial charge in [-0.2, -0.15) is 0 Å². The Labute approximate surface area is 106 Å². The summed E-state index contributed by atoms with van der Waals surface area (Å²) < 4.78 is 9.62. The van der Waals surface area contributed by atoms with E-state index in [0.29, 0.717) is 18.4 Å². The van der Waals surface area contributed by atoms with Crippen LogP contribution in [0.25, 0.3) is 0 Å². The lowest BCUT2D eigenvalue weighted by Crippen LogP contribution is -2.10. The molecule has 0 bridgehead atoms. The summed E-state index contributed by atoms with van der Waals surface area (Å²) in [7, 11) is 0. The molecule has 0 radical (unpaired) electrons. The van der Waals surface area contributed by atoms with Crippen LogP contribution in [-0.2, 0) is 23.9 Å². The van der Waals surface area contributed by atoms with Crippen molar-refractivity contribution in [3.8, 4) is 0 Å². The van der Waals surface area contributed by atoms with Crippen molar-refractivity contribution in [2.24, 2.45) is 0 Å². The molecule has 0 saturated heterocycles. The summed E-state index contributed by atoms with van der Waals surface area (Å²) in [5.74, 6) is -2.00. The summed E-state index contributed by atoms with van der Waals surface area (Å²) in [6.07, 6.45) is 0.780. The standard InChI is InChI=1S/C12H18O6/c1-9(2)12(16)18-8-4-3-7-17-11(15)6-5-10(13)14/h1,3-8H2,2H3,(H,13,14). The Kier molecular flexibility index (Phi) is 8.26. The fraction of sp³-hybridized carbons (Fsp3) is 0.583. The molecule has 0 aliphatic carbocycles. The number of carbonyl (C=O) groups is 3. The van der Waals surface area contributed by atoms with Crippen LogP contribution in [0.15, 0.2) is 12.2 Å². The maximum atomic E-state index is 11.0. The third kappa shape index (κ3) is 9.38. The van der Waals surface area contributed by atoms with Crippen molar-refractivity contribution in [3.05, 3.63) is 12.2 Å². The second-order valence-corrected chi connectivity index (χ2v) is 3.74. The molecule has 0 aromatic heterocycles. The fourth-order valence-electron chi connectivity index (χ4n) is 0.959. The zero-order valence-corrected chi connectivity index (χ0v) is 10.4. The summed E-state index contributed by atoms with van der Waals surface area (Å²) in [4.78, 5) is 32.1. The van der Waals surface area contributed by atoms with Gasteiger partial charge in [0.05, 0.1) is 26.1 Å². The van der Waals surface area contributed by atoms with E-state index >= 15 is 0 Å². The Balaban J connectivity index is 3.40. The van der Waals surface area contributed by atoms with Crippen LogP contribution in [0.3, 0.4) is 0 Å². The van der Waals surface area contributed by atoms with Crippen LogP contribution < -0.4 is 0 Å². The Hall–Kier alpha value is -1.85. The van der Waals surface area contributed by atoms with Gasteiger partial charge >= 0.3 is 17.9 Å². The van der Waals surface area contributed by atoms with Crippen molar-refractivity contribution in [2.75, 3.05) is 13.2 Å². The van der Waals surface area contributed by atoms with Gasteiger partial charge in [0.2, 0.25) is 0 Å². The van der Waals surface area contributed by atoms with E-state index in [0.717, 1.165) is 0 Å². The molecule has 0 aliphatic rings. The molecule has 0 aromatic rings. The van der Waals surface area contributed by atoms with E-state index < -0.39 is 17.9 Å². The lowest BCUT2D eigenvalue weighted by atomic mass is 10.3. The molecule has 0 atom stereocenters. The monoisotopic (exact) mass is 258 g/mol. The van der Waals surface area contributed by atoms with E-state index in [1.807, 2.05) is 0 Å². The predicted octanol–water partition coefficient (Wildman–Crippen LogP) is 1.29. The first-order chi connectivity index (χ1) is 8.43. The van der Waals surface area contributed by atoms with E-state index in [9.17, 15) is 14.4 Å². The van der Waals surface area contributed by atoms with Crippen molar-refractivity contribution < 1.29 is 29.0 Å². The zero-order chi connectivity index (χ0) is 14.0. The van der Waals surface area contributed by atoms with Gasteiger partial charge in [-0.15, -0.1) is 0 Å². The van der Waals surface area contributed by atoms with Crippen LogP contribution in [-0.4, -0.2) is 36.2 Å². The molecule has 0 unspecified atom stereocenters. The maximum absolute atomic E-state index is 11.0. The second-order valence-electron chi connectivity index (χ2n) is 3.74. The molecule has 0 saturated carbocycles. The van der Waals surface area contributed by atoms with Crippen LogP contribution in [0.2, 0.25) is 0 Å². The summed E-state index contributed by atoms with van der Waals surface area (Å²) >= 11 is 0. The number of ether oxygens (including phenoxy) is 2. The van der Waals surface area contributed by atoms with Gasteiger partial charge in [-0.3, -0.25) is 9.59 Å². The molecule has 18 heavy (non-hydrogen) atoms. The molecule has 0 amide bonds. The van der Waals surface area contributed by atoms with Crippen LogP contribution in [0, 0.1) is 0 Å². The third-order valence-electron chi connectivity index (χ3n) is 1.93. The summed E-state index contributed by atoms with van der Waals surface area (Å²) in [5.41, 5.74) is 0.343.